The number of methoxy groups -OCH3 is 1. The minimum absolute atomic E-state index is 0.117. The van der Waals surface area contributed by atoms with Crippen LogP contribution in [0.1, 0.15) is 49.4 Å². The van der Waals surface area contributed by atoms with E-state index in [0.29, 0.717) is 11.6 Å². The molecule has 0 bridgehead atoms. The summed E-state index contributed by atoms with van der Waals surface area (Å²) >= 11 is 0. The van der Waals surface area contributed by atoms with E-state index in [-0.39, 0.29) is 12.0 Å². The average molecular weight is 360 g/mol. The SMILES string of the molecule is COCC(C)N1CCC(Oc2ccccc2C(=O)N2CCCCC2)CC1. The van der Waals surface area contributed by atoms with Crippen molar-refractivity contribution in [1.29, 1.82) is 0 Å². The predicted molar refractivity (Wildman–Crippen MR) is 103 cm³/mol. The monoisotopic (exact) mass is 360 g/mol. The van der Waals surface area contributed by atoms with Crippen molar-refractivity contribution in [2.45, 2.75) is 51.2 Å². The number of piperidine rings is 2. The molecule has 0 spiro atoms. The topological polar surface area (TPSA) is 42.0 Å². The number of benzene rings is 1. The highest BCUT2D eigenvalue weighted by Gasteiger charge is 2.26. The van der Waals surface area contributed by atoms with Crippen molar-refractivity contribution in [2.24, 2.45) is 0 Å². The van der Waals surface area contributed by atoms with Crippen molar-refractivity contribution in [2.75, 3.05) is 39.9 Å². The Labute approximate surface area is 157 Å². The van der Waals surface area contributed by atoms with Gasteiger partial charge >= 0.3 is 0 Å². The summed E-state index contributed by atoms with van der Waals surface area (Å²) in [6.07, 6.45) is 5.58. The fourth-order valence-electron chi connectivity index (χ4n) is 3.97. The first-order valence-corrected chi connectivity index (χ1v) is 9.97. The van der Waals surface area contributed by atoms with Crippen molar-refractivity contribution in [3.63, 3.8) is 0 Å². The van der Waals surface area contributed by atoms with Crippen molar-refractivity contribution < 1.29 is 14.3 Å². The van der Waals surface area contributed by atoms with E-state index < -0.39 is 0 Å². The molecule has 1 amide bonds. The molecule has 2 fully saturated rings. The molecule has 0 aliphatic carbocycles. The van der Waals surface area contributed by atoms with Crippen LogP contribution < -0.4 is 4.74 Å². The number of rotatable bonds is 6. The molecule has 0 radical (unpaired) electrons. The zero-order valence-corrected chi connectivity index (χ0v) is 16.2. The van der Waals surface area contributed by atoms with Gasteiger partial charge in [-0.25, -0.2) is 0 Å². The molecule has 1 unspecified atom stereocenters. The van der Waals surface area contributed by atoms with E-state index in [1.807, 2.05) is 29.2 Å². The van der Waals surface area contributed by atoms with Gasteiger partial charge in [0.25, 0.3) is 5.91 Å². The molecule has 1 atom stereocenters. The molecule has 0 aromatic heterocycles. The zero-order chi connectivity index (χ0) is 18.4. The normalized spacial score (nSPS) is 20.8. The maximum atomic E-state index is 12.9. The molecule has 0 N–H and O–H groups in total. The van der Waals surface area contributed by atoms with Crippen LogP contribution in [0.5, 0.6) is 5.75 Å². The lowest BCUT2D eigenvalue weighted by molar-refractivity contribution is 0.0465. The molecule has 5 nitrogen and oxygen atoms in total. The number of nitrogens with zero attached hydrogens (tertiary/aromatic N) is 2. The Morgan fingerprint density at radius 2 is 1.81 bits per heavy atom. The number of hydrogen-bond donors (Lipinski definition) is 0. The Morgan fingerprint density at radius 3 is 2.50 bits per heavy atom. The molecule has 2 aliphatic rings. The van der Waals surface area contributed by atoms with Crippen molar-refractivity contribution >= 4 is 5.91 Å². The van der Waals surface area contributed by atoms with Crippen molar-refractivity contribution in [1.82, 2.24) is 9.80 Å². The zero-order valence-electron chi connectivity index (χ0n) is 16.2. The standard InChI is InChI=1S/C21H32N2O3/c1-17(16-25-2)22-14-10-18(11-15-22)26-20-9-5-4-8-19(20)21(24)23-12-6-3-7-13-23/h4-5,8-9,17-18H,3,6-7,10-16H2,1-2H3. The molecule has 2 heterocycles. The third-order valence-electron chi connectivity index (χ3n) is 5.56. The first-order valence-electron chi connectivity index (χ1n) is 9.97. The highest BCUT2D eigenvalue weighted by molar-refractivity contribution is 5.97. The van der Waals surface area contributed by atoms with Crippen LogP contribution in [-0.4, -0.2) is 67.7 Å². The van der Waals surface area contributed by atoms with Gasteiger partial charge in [0, 0.05) is 39.3 Å². The molecular formula is C21H32N2O3. The van der Waals surface area contributed by atoms with Crippen LogP contribution in [0.25, 0.3) is 0 Å². The number of likely N-dealkylation sites (tertiary alicyclic amines) is 2. The maximum absolute atomic E-state index is 12.9. The number of carbonyl (C=O) groups excluding carboxylic acids is 1. The second-order valence-corrected chi connectivity index (χ2v) is 7.51. The lowest BCUT2D eigenvalue weighted by Crippen LogP contribution is -2.44. The summed E-state index contributed by atoms with van der Waals surface area (Å²) in [4.78, 5) is 17.3. The summed E-state index contributed by atoms with van der Waals surface area (Å²) in [7, 11) is 1.75. The fourth-order valence-corrected chi connectivity index (χ4v) is 3.97. The summed E-state index contributed by atoms with van der Waals surface area (Å²) in [6.45, 7) is 6.72. The summed E-state index contributed by atoms with van der Waals surface area (Å²) in [6, 6.07) is 8.17. The van der Waals surface area contributed by atoms with E-state index in [4.69, 9.17) is 9.47 Å². The quantitative estimate of drug-likeness (QED) is 0.781. The molecule has 3 rings (SSSR count). The molecule has 2 aliphatic heterocycles. The van der Waals surface area contributed by atoms with Gasteiger partial charge in [0.2, 0.25) is 0 Å². The summed E-state index contributed by atoms with van der Waals surface area (Å²) in [5.41, 5.74) is 0.713. The smallest absolute Gasteiger partial charge is 0.257 e. The van der Waals surface area contributed by atoms with Crippen LogP contribution in [0.15, 0.2) is 24.3 Å². The van der Waals surface area contributed by atoms with Crippen LogP contribution in [0.4, 0.5) is 0 Å². The fraction of sp³-hybridized carbons (Fsp3) is 0.667. The number of carbonyl (C=O) groups is 1. The van der Waals surface area contributed by atoms with E-state index in [9.17, 15) is 4.79 Å². The van der Waals surface area contributed by atoms with E-state index in [1.54, 1.807) is 7.11 Å². The van der Waals surface area contributed by atoms with Gasteiger partial charge in [-0.2, -0.15) is 0 Å². The number of amides is 1. The largest absolute Gasteiger partial charge is 0.489 e. The Kier molecular flexibility index (Phi) is 6.92. The molecule has 1 aromatic carbocycles. The van der Waals surface area contributed by atoms with Gasteiger partial charge in [0.15, 0.2) is 0 Å². The minimum atomic E-state index is 0.117. The van der Waals surface area contributed by atoms with Crippen LogP contribution >= 0.6 is 0 Å². The summed E-state index contributed by atoms with van der Waals surface area (Å²) < 4.78 is 11.5. The predicted octanol–water partition coefficient (Wildman–Crippen LogP) is 3.19. The second-order valence-electron chi connectivity index (χ2n) is 7.51. The highest BCUT2D eigenvalue weighted by atomic mass is 16.5. The maximum Gasteiger partial charge on any atom is 0.257 e. The van der Waals surface area contributed by atoms with E-state index in [1.165, 1.54) is 6.42 Å². The molecule has 144 valence electrons. The molecular weight excluding hydrogens is 328 g/mol. The van der Waals surface area contributed by atoms with Gasteiger partial charge < -0.3 is 14.4 Å². The second kappa shape index (κ2) is 9.38. The van der Waals surface area contributed by atoms with Crippen molar-refractivity contribution in [3.8, 4) is 5.75 Å². The Hall–Kier alpha value is -1.59. The number of ether oxygens (including phenoxy) is 2. The van der Waals surface area contributed by atoms with Crippen LogP contribution in [0.3, 0.4) is 0 Å². The van der Waals surface area contributed by atoms with Gasteiger partial charge in [0.05, 0.1) is 12.2 Å². The van der Waals surface area contributed by atoms with Crippen molar-refractivity contribution in [3.05, 3.63) is 29.8 Å². The molecule has 1 aromatic rings. The van der Waals surface area contributed by atoms with Crippen LogP contribution in [0.2, 0.25) is 0 Å². The third kappa shape index (κ3) is 4.77. The lowest BCUT2D eigenvalue weighted by atomic mass is 10.1. The minimum Gasteiger partial charge on any atom is -0.489 e. The van der Waals surface area contributed by atoms with Gasteiger partial charge in [-0.05, 0) is 51.2 Å². The van der Waals surface area contributed by atoms with E-state index >= 15 is 0 Å². The third-order valence-corrected chi connectivity index (χ3v) is 5.56. The molecule has 0 saturated carbocycles. The first-order chi connectivity index (χ1) is 12.7. The number of para-hydroxylation sites is 1. The van der Waals surface area contributed by atoms with Gasteiger partial charge in [-0.15, -0.1) is 0 Å². The molecule has 26 heavy (non-hydrogen) atoms. The summed E-state index contributed by atoms with van der Waals surface area (Å²) in [5, 5.41) is 0. The van der Waals surface area contributed by atoms with Gasteiger partial charge in [-0.1, -0.05) is 12.1 Å². The van der Waals surface area contributed by atoms with E-state index in [2.05, 4.69) is 11.8 Å². The Morgan fingerprint density at radius 1 is 1.12 bits per heavy atom. The van der Waals surface area contributed by atoms with Gasteiger partial charge in [-0.3, -0.25) is 9.69 Å². The molecule has 5 heteroatoms. The Balaban J connectivity index is 1.60. The van der Waals surface area contributed by atoms with Crippen LogP contribution in [0, 0.1) is 0 Å². The lowest BCUT2D eigenvalue weighted by Gasteiger charge is -2.36. The first kappa shape index (κ1) is 19.2. The van der Waals surface area contributed by atoms with Gasteiger partial charge in [0.1, 0.15) is 11.9 Å². The average Bonchev–Trinajstić information content (AvgIpc) is 2.69. The van der Waals surface area contributed by atoms with E-state index in [0.717, 1.165) is 64.2 Å². The molecule has 2 saturated heterocycles. The highest BCUT2D eigenvalue weighted by Crippen LogP contribution is 2.26. The summed E-state index contributed by atoms with van der Waals surface area (Å²) in [5.74, 6) is 0.859. The van der Waals surface area contributed by atoms with Crippen LogP contribution in [-0.2, 0) is 4.74 Å². The Bertz CT molecular complexity index is 578. The number of hydrogen-bond acceptors (Lipinski definition) is 4.